The monoisotopic (exact) mass is 145 g/mol. The second-order valence-corrected chi connectivity index (χ2v) is 2.15. The van der Waals surface area contributed by atoms with Crippen molar-refractivity contribution in [3.63, 3.8) is 0 Å². The van der Waals surface area contributed by atoms with Gasteiger partial charge >= 0.3 is 0 Å². The molecular weight excluding hydrogens is 138 g/mol. The maximum Gasteiger partial charge on any atom is 0.292 e. The zero-order chi connectivity index (χ0) is 6.69. The summed E-state index contributed by atoms with van der Waals surface area (Å²) in [6.07, 6.45) is 3.64. The van der Waals surface area contributed by atoms with Gasteiger partial charge in [0.1, 0.15) is 5.76 Å². The summed E-state index contributed by atoms with van der Waals surface area (Å²) in [4.78, 5) is 3.73. The number of aryl methyl sites for hydroxylation is 1. The zero-order valence-electron chi connectivity index (χ0n) is 5.22. The topological polar surface area (TPSA) is 26.0 Å². The summed E-state index contributed by atoms with van der Waals surface area (Å²) in [5.41, 5.74) is 0. The molecule has 0 unspecified atom stereocenters. The van der Waals surface area contributed by atoms with Gasteiger partial charge in [-0.1, -0.05) is 6.92 Å². The number of oxazole rings is 1. The van der Waals surface area contributed by atoms with Gasteiger partial charge in [-0.05, 0) is 18.0 Å². The van der Waals surface area contributed by atoms with Crippen LogP contribution in [0.3, 0.4) is 0 Å². The van der Waals surface area contributed by atoms with Crippen molar-refractivity contribution in [2.75, 3.05) is 0 Å². The van der Waals surface area contributed by atoms with Gasteiger partial charge in [-0.2, -0.15) is 0 Å². The van der Waals surface area contributed by atoms with E-state index in [2.05, 4.69) is 11.9 Å². The smallest absolute Gasteiger partial charge is 0.292 e. The number of rotatable bonds is 2. The fourth-order valence-electron chi connectivity index (χ4n) is 0.646. The van der Waals surface area contributed by atoms with Crippen LogP contribution in [0.4, 0.5) is 0 Å². The van der Waals surface area contributed by atoms with Gasteiger partial charge in [0.2, 0.25) is 0 Å². The van der Waals surface area contributed by atoms with Crippen molar-refractivity contribution in [3.8, 4) is 0 Å². The highest BCUT2D eigenvalue weighted by Gasteiger charge is 1.97. The van der Waals surface area contributed by atoms with Gasteiger partial charge < -0.3 is 4.42 Å². The molecule has 0 spiro atoms. The van der Waals surface area contributed by atoms with Gasteiger partial charge in [-0.3, -0.25) is 0 Å². The third-order valence-electron chi connectivity index (χ3n) is 1.02. The van der Waals surface area contributed by atoms with E-state index in [4.69, 9.17) is 16.0 Å². The van der Waals surface area contributed by atoms with E-state index in [1.807, 2.05) is 0 Å². The summed E-state index contributed by atoms with van der Waals surface area (Å²) < 4.78 is 4.98. The lowest BCUT2D eigenvalue weighted by Crippen LogP contribution is -1.74. The third-order valence-corrected chi connectivity index (χ3v) is 1.20. The molecule has 9 heavy (non-hydrogen) atoms. The molecule has 1 aromatic heterocycles. The van der Waals surface area contributed by atoms with Gasteiger partial charge in [-0.15, -0.1) is 0 Å². The molecule has 0 bridgehead atoms. The minimum absolute atomic E-state index is 0.235. The lowest BCUT2D eigenvalue weighted by Gasteiger charge is -1.85. The summed E-state index contributed by atoms with van der Waals surface area (Å²) >= 11 is 5.42. The molecule has 0 radical (unpaired) electrons. The molecule has 0 aliphatic rings. The Morgan fingerprint density at radius 3 is 3.00 bits per heavy atom. The Hall–Kier alpha value is -0.500. The maximum atomic E-state index is 5.42. The summed E-state index contributed by atoms with van der Waals surface area (Å²) in [6, 6.07) is 0. The van der Waals surface area contributed by atoms with Crippen LogP contribution < -0.4 is 0 Å². The molecule has 3 heteroatoms. The Balaban J connectivity index is 2.61. The van der Waals surface area contributed by atoms with E-state index in [-0.39, 0.29) is 5.35 Å². The first-order chi connectivity index (χ1) is 4.33. The number of nitrogens with zero attached hydrogens (tertiary/aromatic N) is 1. The summed E-state index contributed by atoms with van der Waals surface area (Å²) in [6.45, 7) is 2.08. The van der Waals surface area contributed by atoms with Crippen LogP contribution in [0.1, 0.15) is 19.1 Å². The van der Waals surface area contributed by atoms with E-state index < -0.39 is 0 Å². The van der Waals surface area contributed by atoms with Crippen LogP contribution in [0.5, 0.6) is 0 Å². The molecule has 0 aliphatic heterocycles. The molecule has 0 amide bonds. The average molecular weight is 146 g/mol. The van der Waals surface area contributed by atoms with Crippen LogP contribution in [0.25, 0.3) is 0 Å². The summed E-state index contributed by atoms with van der Waals surface area (Å²) in [5, 5.41) is 0.235. The zero-order valence-corrected chi connectivity index (χ0v) is 5.98. The first kappa shape index (κ1) is 6.62. The van der Waals surface area contributed by atoms with Gasteiger partial charge in [0.25, 0.3) is 5.35 Å². The van der Waals surface area contributed by atoms with E-state index in [0.717, 1.165) is 18.6 Å². The predicted molar refractivity (Wildman–Crippen MR) is 35.5 cm³/mol. The maximum absolute atomic E-state index is 5.42. The Kier molecular flexibility index (Phi) is 2.11. The average Bonchev–Trinajstić information content (AvgIpc) is 2.17. The van der Waals surface area contributed by atoms with Crippen LogP contribution in [0.15, 0.2) is 10.6 Å². The lowest BCUT2D eigenvalue weighted by molar-refractivity contribution is 0.503. The van der Waals surface area contributed by atoms with Crippen molar-refractivity contribution in [1.29, 1.82) is 0 Å². The lowest BCUT2D eigenvalue weighted by atomic mass is 10.3. The van der Waals surface area contributed by atoms with Crippen molar-refractivity contribution in [2.45, 2.75) is 19.8 Å². The molecule has 0 aromatic carbocycles. The molecule has 0 saturated heterocycles. The first-order valence-electron chi connectivity index (χ1n) is 2.93. The number of aromatic nitrogens is 1. The largest absolute Gasteiger partial charge is 0.433 e. The number of halogens is 1. The minimum atomic E-state index is 0.235. The van der Waals surface area contributed by atoms with Crippen LogP contribution in [-0.2, 0) is 6.42 Å². The summed E-state index contributed by atoms with van der Waals surface area (Å²) in [7, 11) is 0. The normalized spacial score (nSPS) is 10.0. The SMILES string of the molecule is CCCc1cnc(Cl)o1. The molecular formula is C6H8ClNO. The van der Waals surface area contributed by atoms with Crippen molar-refractivity contribution in [3.05, 3.63) is 17.3 Å². The van der Waals surface area contributed by atoms with Crippen molar-refractivity contribution in [1.82, 2.24) is 4.98 Å². The van der Waals surface area contributed by atoms with Gasteiger partial charge in [-0.25, -0.2) is 4.98 Å². The number of hydrogen-bond donors (Lipinski definition) is 0. The molecule has 1 heterocycles. The molecule has 1 rings (SSSR count). The van der Waals surface area contributed by atoms with Crippen LogP contribution in [0.2, 0.25) is 5.35 Å². The highest BCUT2D eigenvalue weighted by molar-refractivity contribution is 6.27. The summed E-state index contributed by atoms with van der Waals surface area (Å²) in [5.74, 6) is 0.863. The fraction of sp³-hybridized carbons (Fsp3) is 0.500. The molecule has 0 fully saturated rings. The molecule has 0 atom stereocenters. The van der Waals surface area contributed by atoms with Gasteiger partial charge in [0.15, 0.2) is 0 Å². The van der Waals surface area contributed by atoms with Gasteiger partial charge in [0, 0.05) is 6.42 Å². The Morgan fingerprint density at radius 1 is 1.78 bits per heavy atom. The molecule has 1 aromatic rings. The quantitative estimate of drug-likeness (QED) is 0.638. The van der Waals surface area contributed by atoms with Crippen LogP contribution in [-0.4, -0.2) is 4.98 Å². The van der Waals surface area contributed by atoms with Crippen molar-refractivity contribution < 1.29 is 4.42 Å². The minimum Gasteiger partial charge on any atom is -0.433 e. The van der Waals surface area contributed by atoms with Gasteiger partial charge in [0.05, 0.1) is 6.20 Å². The fourth-order valence-corrected chi connectivity index (χ4v) is 0.793. The first-order valence-corrected chi connectivity index (χ1v) is 3.31. The van der Waals surface area contributed by atoms with Crippen molar-refractivity contribution in [2.24, 2.45) is 0 Å². The molecule has 50 valence electrons. The van der Waals surface area contributed by atoms with Crippen LogP contribution >= 0.6 is 11.6 Å². The van der Waals surface area contributed by atoms with E-state index in [1.54, 1.807) is 6.20 Å². The molecule has 0 saturated carbocycles. The van der Waals surface area contributed by atoms with E-state index in [0.29, 0.717) is 0 Å². The molecule has 0 N–H and O–H groups in total. The Labute approximate surface area is 58.8 Å². The number of hydrogen-bond acceptors (Lipinski definition) is 2. The second-order valence-electron chi connectivity index (χ2n) is 1.83. The Bertz CT molecular complexity index is 185. The van der Waals surface area contributed by atoms with E-state index >= 15 is 0 Å². The van der Waals surface area contributed by atoms with Crippen LogP contribution in [0, 0.1) is 0 Å². The second kappa shape index (κ2) is 2.87. The predicted octanol–water partition coefficient (Wildman–Crippen LogP) is 2.28. The van der Waals surface area contributed by atoms with Crippen molar-refractivity contribution >= 4 is 11.6 Å². The highest BCUT2D eigenvalue weighted by atomic mass is 35.5. The molecule has 0 aliphatic carbocycles. The van der Waals surface area contributed by atoms with E-state index in [9.17, 15) is 0 Å². The van der Waals surface area contributed by atoms with E-state index in [1.165, 1.54) is 0 Å². The third kappa shape index (κ3) is 1.72. The standard InChI is InChI=1S/C6H8ClNO/c1-2-3-5-4-8-6(7)9-5/h4H,2-3H2,1H3. The Morgan fingerprint density at radius 2 is 2.56 bits per heavy atom. The highest BCUT2D eigenvalue weighted by Crippen LogP contribution is 2.09. The molecule has 2 nitrogen and oxygen atoms in total.